The highest BCUT2D eigenvalue weighted by molar-refractivity contribution is 5.73. The monoisotopic (exact) mass is 569 g/mol. The summed E-state index contributed by atoms with van der Waals surface area (Å²) in [6.07, 6.45) is 5.47. The van der Waals surface area contributed by atoms with E-state index in [9.17, 15) is 13.2 Å². The van der Waals surface area contributed by atoms with Crippen LogP contribution in [0.5, 0.6) is 0 Å². The minimum Gasteiger partial charge on any atom is -0.489 e. The molecule has 0 amide bonds. The molecule has 0 N–H and O–H groups in total. The normalized spacial score (nSPS) is 16.8. The van der Waals surface area contributed by atoms with E-state index in [1.165, 1.54) is 12.5 Å². The van der Waals surface area contributed by atoms with Crippen LogP contribution < -0.4 is 0 Å². The summed E-state index contributed by atoms with van der Waals surface area (Å²) in [4.78, 5) is 2.34. The van der Waals surface area contributed by atoms with Crippen molar-refractivity contribution in [3.63, 3.8) is 0 Å². The van der Waals surface area contributed by atoms with E-state index in [1.807, 2.05) is 86.6 Å². The summed E-state index contributed by atoms with van der Waals surface area (Å²) in [7, 11) is 0. The van der Waals surface area contributed by atoms with E-state index in [2.05, 4.69) is 4.90 Å². The van der Waals surface area contributed by atoms with E-state index in [1.54, 1.807) is 18.2 Å². The highest BCUT2D eigenvalue weighted by Crippen LogP contribution is 2.37. The van der Waals surface area contributed by atoms with Crippen molar-refractivity contribution in [2.24, 2.45) is 0 Å². The molecule has 1 saturated heterocycles. The fraction of sp³-hybridized carbons (Fsp3) is 0.297. The van der Waals surface area contributed by atoms with Gasteiger partial charge in [0.1, 0.15) is 12.4 Å². The quantitative estimate of drug-likeness (QED) is 0.268. The highest BCUT2D eigenvalue weighted by atomic mass is 19.4. The van der Waals surface area contributed by atoms with Gasteiger partial charge in [-0.25, -0.2) is 0 Å². The third kappa shape index (κ3) is 7.51. The van der Waals surface area contributed by atoms with Crippen LogP contribution in [0.15, 0.2) is 114 Å². The molecule has 3 aromatic rings. The number of likely N-dealkylation sites (tertiary alicyclic amines) is 1. The summed E-state index contributed by atoms with van der Waals surface area (Å²) in [6.45, 7) is 6.85. The molecule has 0 aromatic heterocycles. The van der Waals surface area contributed by atoms with Crippen molar-refractivity contribution in [3.05, 3.63) is 136 Å². The predicted molar refractivity (Wildman–Crippen MR) is 166 cm³/mol. The van der Waals surface area contributed by atoms with Gasteiger partial charge in [-0.2, -0.15) is 13.2 Å². The molecular formula is C37H38F3NO. The summed E-state index contributed by atoms with van der Waals surface area (Å²) < 4.78 is 49.7. The Morgan fingerprint density at radius 3 is 2.36 bits per heavy atom. The SMILES string of the molecule is Cc1cccc(COC2=C(CN3CCCCC3)CC=C(C(F)(F)F)C(/C=C/c3cccc(-c4ccccc4)c3C)=C2)c1. The first-order valence-electron chi connectivity index (χ1n) is 14.7. The molecule has 1 heterocycles. The summed E-state index contributed by atoms with van der Waals surface area (Å²) in [5, 5.41) is 0. The first-order valence-corrected chi connectivity index (χ1v) is 14.7. The number of benzene rings is 3. The molecule has 0 atom stereocenters. The van der Waals surface area contributed by atoms with Crippen molar-refractivity contribution in [2.45, 2.75) is 52.3 Å². The van der Waals surface area contributed by atoms with Crippen LogP contribution in [0.2, 0.25) is 0 Å². The fourth-order valence-corrected chi connectivity index (χ4v) is 5.76. The molecule has 1 fully saturated rings. The lowest BCUT2D eigenvalue weighted by molar-refractivity contribution is -0.0891. The van der Waals surface area contributed by atoms with Crippen molar-refractivity contribution >= 4 is 6.08 Å². The molecule has 5 rings (SSSR count). The lowest BCUT2D eigenvalue weighted by Crippen LogP contribution is -2.31. The number of hydrogen-bond acceptors (Lipinski definition) is 2. The van der Waals surface area contributed by atoms with Gasteiger partial charge >= 0.3 is 6.18 Å². The molecule has 0 unspecified atom stereocenters. The molecule has 0 spiro atoms. The fourth-order valence-electron chi connectivity index (χ4n) is 5.76. The lowest BCUT2D eigenvalue weighted by atomic mass is 9.95. The van der Waals surface area contributed by atoms with Gasteiger partial charge in [0.15, 0.2) is 0 Å². The Morgan fingerprint density at radius 2 is 1.62 bits per heavy atom. The maximum absolute atomic E-state index is 14.5. The zero-order chi connectivity index (χ0) is 29.5. The Morgan fingerprint density at radius 1 is 0.857 bits per heavy atom. The zero-order valence-electron chi connectivity index (χ0n) is 24.4. The van der Waals surface area contributed by atoms with Gasteiger partial charge in [0.25, 0.3) is 0 Å². The molecule has 1 aliphatic carbocycles. The Bertz CT molecular complexity index is 1510. The molecule has 0 radical (unpaired) electrons. The highest BCUT2D eigenvalue weighted by Gasteiger charge is 2.36. The number of alkyl halides is 3. The first-order chi connectivity index (χ1) is 20.3. The third-order valence-electron chi connectivity index (χ3n) is 8.05. The first kappa shape index (κ1) is 29.7. The Hall–Kier alpha value is -3.83. The second-order valence-corrected chi connectivity index (χ2v) is 11.2. The number of piperidine rings is 1. The van der Waals surface area contributed by atoms with Crippen LogP contribution in [0, 0.1) is 13.8 Å². The maximum Gasteiger partial charge on any atom is 0.416 e. The second kappa shape index (κ2) is 13.4. The number of halogens is 3. The van der Waals surface area contributed by atoms with Gasteiger partial charge in [0.2, 0.25) is 0 Å². The molecule has 0 bridgehead atoms. The van der Waals surface area contributed by atoms with E-state index < -0.39 is 11.7 Å². The maximum atomic E-state index is 14.5. The molecular weight excluding hydrogens is 531 g/mol. The van der Waals surface area contributed by atoms with E-state index in [-0.39, 0.29) is 12.0 Å². The van der Waals surface area contributed by atoms with E-state index >= 15 is 0 Å². The number of ether oxygens (including phenoxy) is 1. The summed E-state index contributed by atoms with van der Waals surface area (Å²) >= 11 is 0. The van der Waals surface area contributed by atoms with Gasteiger partial charge in [-0.15, -0.1) is 0 Å². The van der Waals surface area contributed by atoms with Gasteiger partial charge in [-0.1, -0.05) is 103 Å². The van der Waals surface area contributed by atoms with Crippen LogP contribution in [0.3, 0.4) is 0 Å². The average Bonchev–Trinajstić information content (AvgIpc) is 3.15. The number of rotatable bonds is 8. The molecule has 2 nitrogen and oxygen atoms in total. The Balaban J connectivity index is 1.52. The summed E-state index contributed by atoms with van der Waals surface area (Å²) in [5.74, 6) is 0.534. The van der Waals surface area contributed by atoms with Crippen LogP contribution in [-0.2, 0) is 11.3 Å². The molecule has 3 aromatic carbocycles. The van der Waals surface area contributed by atoms with Crippen molar-refractivity contribution in [3.8, 4) is 11.1 Å². The van der Waals surface area contributed by atoms with E-state index in [0.717, 1.165) is 64.9 Å². The second-order valence-electron chi connectivity index (χ2n) is 11.2. The molecule has 1 aliphatic heterocycles. The van der Waals surface area contributed by atoms with E-state index in [0.29, 0.717) is 18.9 Å². The predicted octanol–water partition coefficient (Wildman–Crippen LogP) is 9.76. The third-order valence-corrected chi connectivity index (χ3v) is 8.05. The minimum absolute atomic E-state index is 0.111. The lowest BCUT2D eigenvalue weighted by Gasteiger charge is -2.28. The van der Waals surface area contributed by atoms with Crippen LogP contribution in [0.25, 0.3) is 17.2 Å². The molecule has 42 heavy (non-hydrogen) atoms. The summed E-state index contributed by atoms with van der Waals surface area (Å²) in [5.41, 5.74) is 6.52. The van der Waals surface area contributed by atoms with Crippen LogP contribution in [-0.4, -0.2) is 30.7 Å². The van der Waals surface area contributed by atoms with Crippen LogP contribution in [0.4, 0.5) is 13.2 Å². The Labute approximate surface area is 247 Å². The van der Waals surface area contributed by atoms with Crippen molar-refractivity contribution < 1.29 is 17.9 Å². The minimum atomic E-state index is -4.49. The molecule has 5 heteroatoms. The number of aryl methyl sites for hydroxylation is 1. The van der Waals surface area contributed by atoms with Crippen molar-refractivity contribution in [1.29, 1.82) is 0 Å². The van der Waals surface area contributed by atoms with Crippen molar-refractivity contribution in [2.75, 3.05) is 19.6 Å². The van der Waals surface area contributed by atoms with Crippen LogP contribution in [0.1, 0.15) is 47.9 Å². The van der Waals surface area contributed by atoms with Gasteiger partial charge in [0.05, 0.1) is 5.57 Å². The molecule has 218 valence electrons. The van der Waals surface area contributed by atoms with Gasteiger partial charge in [-0.3, -0.25) is 4.90 Å². The standard InChI is InChI=1S/C37H38F3NO/c1-27-11-9-12-29(23-27)26-42-36-24-32(18-17-30-15-10-16-34(28(30)2)31-13-5-3-6-14-31)35(37(38,39)40)20-19-33(36)25-41-21-7-4-8-22-41/h3,5-6,9-18,20,23-24H,4,7-8,19,21-22,25-26H2,1-2H3/b18-17+. The largest absolute Gasteiger partial charge is 0.489 e. The average molecular weight is 570 g/mol. The summed E-state index contributed by atoms with van der Waals surface area (Å²) in [6, 6.07) is 24.0. The van der Waals surface area contributed by atoms with Gasteiger partial charge in [-0.05, 0) is 91.2 Å². The van der Waals surface area contributed by atoms with Gasteiger partial charge < -0.3 is 4.74 Å². The number of nitrogens with zero attached hydrogens (tertiary/aromatic N) is 1. The van der Waals surface area contributed by atoms with Crippen molar-refractivity contribution in [1.82, 2.24) is 4.90 Å². The number of hydrogen-bond donors (Lipinski definition) is 0. The molecule has 2 aliphatic rings. The number of allylic oxidation sites excluding steroid dienone is 5. The van der Waals surface area contributed by atoms with E-state index in [4.69, 9.17) is 4.74 Å². The smallest absolute Gasteiger partial charge is 0.416 e. The van der Waals surface area contributed by atoms with Crippen LogP contribution >= 0.6 is 0 Å². The molecule has 0 saturated carbocycles. The topological polar surface area (TPSA) is 12.5 Å². The Kier molecular flexibility index (Phi) is 9.48. The van der Waals surface area contributed by atoms with Gasteiger partial charge in [0, 0.05) is 6.54 Å². The zero-order valence-corrected chi connectivity index (χ0v) is 24.4.